The van der Waals surface area contributed by atoms with E-state index in [2.05, 4.69) is 26.0 Å². The zero-order valence-electron chi connectivity index (χ0n) is 20.3. The molecule has 1 aromatic rings. The van der Waals surface area contributed by atoms with Crippen molar-refractivity contribution in [3.05, 3.63) is 53.1 Å². The molecule has 1 heterocycles. The summed E-state index contributed by atoms with van der Waals surface area (Å²) in [6, 6.07) is 4.06. The van der Waals surface area contributed by atoms with Gasteiger partial charge in [0.25, 0.3) is 10.1 Å². The Morgan fingerprint density at radius 1 is 0.969 bits per heavy atom. The van der Waals surface area contributed by atoms with Crippen molar-refractivity contribution in [1.29, 1.82) is 0 Å². The maximum Gasteiger partial charge on any atom is 0.297 e. The summed E-state index contributed by atoms with van der Waals surface area (Å²) in [5.41, 5.74) is 2.80. The number of benzene rings is 1. The van der Waals surface area contributed by atoms with Crippen LogP contribution in [0.1, 0.15) is 88.8 Å². The summed E-state index contributed by atoms with van der Waals surface area (Å²) in [4.78, 5) is 0.328. The lowest BCUT2D eigenvalue weighted by molar-refractivity contribution is -0.191. The number of allylic oxidation sites excluding steroid dienone is 3. The van der Waals surface area contributed by atoms with Gasteiger partial charge in [-0.1, -0.05) is 78.0 Å². The molecule has 0 saturated carbocycles. The van der Waals surface area contributed by atoms with Gasteiger partial charge in [-0.3, -0.25) is 4.18 Å². The van der Waals surface area contributed by atoms with Gasteiger partial charge in [-0.05, 0) is 40.9 Å². The van der Waals surface area contributed by atoms with Crippen LogP contribution in [0.15, 0.2) is 41.3 Å². The van der Waals surface area contributed by atoms with Crippen molar-refractivity contribution >= 4 is 10.1 Å². The Balaban J connectivity index is 1.87. The van der Waals surface area contributed by atoms with Gasteiger partial charge >= 0.3 is 0 Å². The number of hydrogen-bond acceptors (Lipinski definition) is 5. The van der Waals surface area contributed by atoms with Gasteiger partial charge in [0.2, 0.25) is 0 Å². The second-order valence-electron chi connectivity index (χ2n) is 9.68. The van der Waals surface area contributed by atoms with Gasteiger partial charge in [-0.25, -0.2) is 0 Å². The Bertz CT molecular complexity index is 921. The van der Waals surface area contributed by atoms with Crippen LogP contribution in [0.4, 0.5) is 0 Å². The van der Waals surface area contributed by atoms with Crippen LogP contribution in [0.2, 0.25) is 0 Å². The number of hydrogen-bond donors (Lipinski definition) is 0. The van der Waals surface area contributed by atoms with Gasteiger partial charge in [-0.2, -0.15) is 8.42 Å². The van der Waals surface area contributed by atoms with Crippen molar-refractivity contribution in [3.8, 4) is 0 Å². The molecule has 1 aromatic carbocycles. The predicted octanol–water partition coefficient (Wildman–Crippen LogP) is 6.03. The molecule has 0 N–H and O–H groups in total. The molecule has 0 amide bonds. The van der Waals surface area contributed by atoms with Crippen LogP contribution in [0.5, 0.6) is 0 Å². The molecule has 1 atom stereocenters. The molecule has 2 aliphatic rings. The second-order valence-corrected chi connectivity index (χ2v) is 11.2. The third-order valence-corrected chi connectivity index (χ3v) is 7.79. The van der Waals surface area contributed by atoms with Gasteiger partial charge in [0.05, 0.1) is 19.8 Å². The molecule has 0 spiro atoms. The maximum absolute atomic E-state index is 13.5. The van der Waals surface area contributed by atoms with Crippen molar-refractivity contribution < 1.29 is 22.1 Å². The normalized spacial score (nSPS) is 20.7. The van der Waals surface area contributed by atoms with Gasteiger partial charge < -0.3 is 9.47 Å². The quantitative estimate of drug-likeness (QED) is 0.420. The van der Waals surface area contributed by atoms with E-state index in [4.69, 9.17) is 13.7 Å². The van der Waals surface area contributed by atoms with E-state index < -0.39 is 15.9 Å². The summed E-state index contributed by atoms with van der Waals surface area (Å²) >= 11 is 0. The molecule has 1 saturated heterocycles. The van der Waals surface area contributed by atoms with Crippen molar-refractivity contribution in [2.24, 2.45) is 5.92 Å². The molecule has 0 aromatic heterocycles. The van der Waals surface area contributed by atoms with E-state index in [1.54, 1.807) is 0 Å². The summed E-state index contributed by atoms with van der Waals surface area (Å²) in [5.74, 6) is -0.348. The maximum atomic E-state index is 13.5. The monoisotopic (exact) mass is 462 g/mol. The minimum atomic E-state index is -3.95. The molecular formula is C26H38O5S. The molecule has 1 aliphatic carbocycles. The fraction of sp³-hybridized carbons (Fsp3) is 0.615. The average Bonchev–Trinajstić information content (AvgIpc) is 3.23. The predicted molar refractivity (Wildman–Crippen MR) is 127 cm³/mol. The highest BCUT2D eigenvalue weighted by Crippen LogP contribution is 2.38. The van der Waals surface area contributed by atoms with E-state index in [0.29, 0.717) is 30.4 Å². The number of ether oxygens (including phenoxy) is 2. The van der Waals surface area contributed by atoms with E-state index in [1.165, 1.54) is 0 Å². The largest absolute Gasteiger partial charge is 0.347 e. The van der Waals surface area contributed by atoms with Crippen LogP contribution < -0.4 is 0 Å². The molecule has 32 heavy (non-hydrogen) atoms. The van der Waals surface area contributed by atoms with E-state index >= 15 is 0 Å². The third kappa shape index (κ3) is 5.36. The molecule has 0 radical (unpaired) electrons. The first-order valence-corrected chi connectivity index (χ1v) is 13.2. The first kappa shape index (κ1) is 25.2. The molecule has 0 bridgehead atoms. The average molecular weight is 463 g/mol. The molecule has 1 fully saturated rings. The van der Waals surface area contributed by atoms with Crippen LogP contribution in [0.3, 0.4) is 0 Å². The minimum Gasteiger partial charge on any atom is -0.347 e. The standard InChI is InChI=1S/C26H38O5S/c1-18(2)21-16-23(19(3)4)25(24(17-21)20(5)6)32(27,28)31-13-12-26(29-14-15-30-26)22-10-8-7-9-11-22/h7-10,16-20,22H,11-15H2,1-6H3. The Hall–Kier alpha value is -1.47. The van der Waals surface area contributed by atoms with E-state index in [0.717, 1.165) is 23.1 Å². The topological polar surface area (TPSA) is 61.8 Å². The Morgan fingerprint density at radius 2 is 1.56 bits per heavy atom. The van der Waals surface area contributed by atoms with Crippen molar-refractivity contribution in [2.75, 3.05) is 19.8 Å². The molecule has 1 aliphatic heterocycles. The summed E-state index contributed by atoms with van der Waals surface area (Å²) < 4.78 is 44.6. The van der Waals surface area contributed by atoms with Crippen LogP contribution in [-0.4, -0.2) is 34.0 Å². The first-order chi connectivity index (χ1) is 15.1. The molecule has 3 rings (SSSR count). The highest BCUT2D eigenvalue weighted by Gasteiger charge is 2.43. The lowest BCUT2D eigenvalue weighted by atomic mass is 9.89. The number of rotatable bonds is 9. The summed E-state index contributed by atoms with van der Waals surface area (Å²) in [5, 5.41) is 0. The Labute approximate surface area is 194 Å². The highest BCUT2D eigenvalue weighted by molar-refractivity contribution is 7.86. The SMILES string of the molecule is CC(C)c1cc(C(C)C)c(S(=O)(=O)OCCC2(C3C=CC=CC3)OCCO2)c(C(C)C)c1. The van der Waals surface area contributed by atoms with Gasteiger partial charge in [-0.15, -0.1) is 0 Å². The molecule has 178 valence electrons. The van der Waals surface area contributed by atoms with E-state index in [1.807, 2.05) is 52.0 Å². The fourth-order valence-electron chi connectivity index (χ4n) is 4.45. The zero-order valence-corrected chi connectivity index (χ0v) is 21.1. The lowest BCUT2D eigenvalue weighted by Gasteiger charge is -2.34. The summed E-state index contributed by atoms with van der Waals surface area (Å²) in [6.45, 7) is 13.4. The fourth-order valence-corrected chi connectivity index (χ4v) is 6.04. The molecule has 1 unspecified atom stereocenters. The third-order valence-electron chi connectivity index (χ3n) is 6.34. The lowest BCUT2D eigenvalue weighted by Crippen LogP contribution is -2.40. The van der Waals surface area contributed by atoms with Crippen molar-refractivity contribution in [2.45, 2.75) is 82.8 Å². The minimum absolute atomic E-state index is 0.0113. The molecular weight excluding hydrogens is 424 g/mol. The Morgan fingerprint density at radius 3 is 2.03 bits per heavy atom. The summed E-state index contributed by atoms with van der Waals surface area (Å²) in [6.07, 6.45) is 9.29. The van der Waals surface area contributed by atoms with Gasteiger partial charge in [0.1, 0.15) is 4.90 Å². The van der Waals surface area contributed by atoms with E-state index in [-0.39, 0.29) is 24.4 Å². The van der Waals surface area contributed by atoms with Gasteiger partial charge in [0, 0.05) is 12.3 Å². The van der Waals surface area contributed by atoms with Crippen LogP contribution in [-0.2, 0) is 23.8 Å². The van der Waals surface area contributed by atoms with Crippen molar-refractivity contribution in [3.63, 3.8) is 0 Å². The highest BCUT2D eigenvalue weighted by atomic mass is 32.2. The molecule has 6 heteroatoms. The Kier molecular flexibility index (Phi) is 8.02. The zero-order chi connectivity index (χ0) is 23.5. The molecule has 5 nitrogen and oxygen atoms in total. The van der Waals surface area contributed by atoms with E-state index in [9.17, 15) is 8.42 Å². The van der Waals surface area contributed by atoms with Crippen LogP contribution >= 0.6 is 0 Å². The van der Waals surface area contributed by atoms with Crippen molar-refractivity contribution in [1.82, 2.24) is 0 Å². The van der Waals surface area contributed by atoms with Crippen LogP contribution in [0, 0.1) is 5.92 Å². The van der Waals surface area contributed by atoms with Crippen LogP contribution in [0.25, 0.3) is 0 Å². The first-order valence-electron chi connectivity index (χ1n) is 11.8. The second kappa shape index (κ2) is 10.2. The summed E-state index contributed by atoms with van der Waals surface area (Å²) in [7, 11) is -3.95. The smallest absolute Gasteiger partial charge is 0.297 e. The van der Waals surface area contributed by atoms with Gasteiger partial charge in [0.15, 0.2) is 5.79 Å².